The number of aliphatic hydroxyl groups excluding tert-OH is 1. The second-order valence-corrected chi connectivity index (χ2v) is 5.18. The average Bonchev–Trinajstić information content (AvgIpc) is 3.15. The summed E-state index contributed by atoms with van der Waals surface area (Å²) >= 11 is 0. The van der Waals surface area contributed by atoms with Crippen LogP contribution in [0, 0.1) is 17.7 Å². The van der Waals surface area contributed by atoms with Crippen LogP contribution < -0.4 is 5.32 Å². The third-order valence-electron chi connectivity index (χ3n) is 3.59. The first-order valence-corrected chi connectivity index (χ1v) is 7.29. The number of nitrogens with one attached hydrogen (secondary N) is 2. The van der Waals surface area contributed by atoms with E-state index in [1.165, 1.54) is 12.1 Å². The van der Waals surface area contributed by atoms with E-state index >= 15 is 0 Å². The summed E-state index contributed by atoms with van der Waals surface area (Å²) in [6, 6.07) is 6.40. The van der Waals surface area contributed by atoms with Crippen LogP contribution in [-0.2, 0) is 4.79 Å². The average molecular weight is 310 g/mol. The van der Waals surface area contributed by atoms with Gasteiger partial charge in [-0.25, -0.2) is 4.39 Å². The maximum absolute atomic E-state index is 14.2. The normalized spacial score (nSPS) is 15.8. The van der Waals surface area contributed by atoms with Gasteiger partial charge in [0, 0.05) is 17.5 Å². The van der Waals surface area contributed by atoms with E-state index in [0.29, 0.717) is 23.2 Å². The number of aromatic amines is 1. The molecule has 1 aromatic heterocycles. The molecular formula is C18H15FN2O2. The topological polar surface area (TPSA) is 65.1 Å². The lowest BCUT2D eigenvalue weighted by Crippen LogP contribution is -2.03. The summed E-state index contributed by atoms with van der Waals surface area (Å²) in [5, 5.41) is 12.3. The number of aliphatic hydroxyl groups is 1. The lowest BCUT2D eigenvalue weighted by atomic mass is 9.99. The molecule has 0 fully saturated rings. The first kappa shape index (κ1) is 15.1. The van der Waals surface area contributed by atoms with Gasteiger partial charge in [0.1, 0.15) is 11.9 Å². The molecule has 0 aliphatic carbocycles. The highest BCUT2D eigenvalue weighted by atomic mass is 19.1. The van der Waals surface area contributed by atoms with Crippen LogP contribution in [0.4, 0.5) is 10.1 Å². The van der Waals surface area contributed by atoms with Crippen molar-refractivity contribution in [3.05, 3.63) is 53.1 Å². The summed E-state index contributed by atoms with van der Waals surface area (Å²) in [5.74, 6) is 4.45. The van der Waals surface area contributed by atoms with E-state index < -0.39 is 11.9 Å². The molecule has 0 saturated heterocycles. The van der Waals surface area contributed by atoms with E-state index in [1.54, 1.807) is 19.2 Å². The number of fused-ring (bicyclic) bond motifs is 1. The Morgan fingerprint density at radius 1 is 1.39 bits per heavy atom. The Labute approximate surface area is 133 Å². The Hall–Kier alpha value is -2.84. The monoisotopic (exact) mass is 310 g/mol. The predicted molar refractivity (Wildman–Crippen MR) is 86.9 cm³/mol. The number of amides is 1. The van der Waals surface area contributed by atoms with Crippen molar-refractivity contribution < 1.29 is 14.3 Å². The molecule has 23 heavy (non-hydrogen) atoms. The zero-order valence-corrected chi connectivity index (χ0v) is 12.5. The molecule has 0 spiro atoms. The molecule has 1 atom stereocenters. The number of benzene rings is 1. The summed E-state index contributed by atoms with van der Waals surface area (Å²) in [5.41, 5.74) is 2.15. The van der Waals surface area contributed by atoms with Crippen molar-refractivity contribution in [1.82, 2.24) is 4.98 Å². The van der Waals surface area contributed by atoms with Crippen LogP contribution in [0.15, 0.2) is 30.5 Å². The van der Waals surface area contributed by atoms with Crippen LogP contribution >= 0.6 is 0 Å². The lowest BCUT2D eigenvalue weighted by Gasteiger charge is -2.04. The number of hydrogen-bond acceptors (Lipinski definition) is 2. The molecule has 1 aliphatic rings. The van der Waals surface area contributed by atoms with Crippen LogP contribution in [0.25, 0.3) is 11.6 Å². The number of halogens is 1. The second-order valence-electron chi connectivity index (χ2n) is 5.18. The lowest BCUT2D eigenvalue weighted by molar-refractivity contribution is -0.110. The molecule has 1 aromatic carbocycles. The van der Waals surface area contributed by atoms with E-state index in [1.807, 2.05) is 12.1 Å². The number of aromatic nitrogens is 1. The number of H-pyrrole nitrogens is 1. The molecule has 1 aliphatic heterocycles. The van der Waals surface area contributed by atoms with Gasteiger partial charge in [0.05, 0.1) is 16.8 Å². The van der Waals surface area contributed by atoms with Crippen LogP contribution in [0.3, 0.4) is 0 Å². The highest BCUT2D eigenvalue weighted by Crippen LogP contribution is 2.36. The fourth-order valence-corrected chi connectivity index (χ4v) is 2.37. The SMILES string of the molecule is CCC(O)C#Cc1c(F)ccc2c1C(=Cc1ccc[nH]1)C(=O)N2. The summed E-state index contributed by atoms with van der Waals surface area (Å²) in [6.45, 7) is 1.78. The Bertz CT molecular complexity index is 842. The minimum absolute atomic E-state index is 0.117. The highest BCUT2D eigenvalue weighted by Gasteiger charge is 2.28. The number of carbonyl (C=O) groups is 1. The van der Waals surface area contributed by atoms with Crippen LogP contribution in [0.1, 0.15) is 30.2 Å². The van der Waals surface area contributed by atoms with Gasteiger partial charge in [-0.2, -0.15) is 0 Å². The largest absolute Gasteiger partial charge is 0.380 e. The third-order valence-corrected chi connectivity index (χ3v) is 3.59. The van der Waals surface area contributed by atoms with Gasteiger partial charge in [-0.15, -0.1) is 0 Å². The zero-order chi connectivity index (χ0) is 16.4. The Morgan fingerprint density at radius 2 is 2.22 bits per heavy atom. The minimum atomic E-state index is -0.828. The maximum atomic E-state index is 14.2. The van der Waals surface area contributed by atoms with Crippen molar-refractivity contribution in [3.8, 4) is 11.8 Å². The Balaban J connectivity index is 2.15. The van der Waals surface area contributed by atoms with Crippen molar-refractivity contribution in [1.29, 1.82) is 0 Å². The standard InChI is InChI=1S/C18H15FN2O2/c1-2-12(22)5-6-13-15(19)7-8-16-17(13)14(18(23)21-16)10-11-4-3-9-20-11/h3-4,7-10,12,20,22H,2H2,1H3,(H,21,23). The van der Waals surface area contributed by atoms with Crippen molar-refractivity contribution in [2.75, 3.05) is 5.32 Å². The molecule has 0 bridgehead atoms. The minimum Gasteiger partial charge on any atom is -0.380 e. The molecule has 0 radical (unpaired) electrons. The van der Waals surface area contributed by atoms with Crippen LogP contribution in [0.2, 0.25) is 0 Å². The third kappa shape index (κ3) is 2.89. The van der Waals surface area contributed by atoms with Gasteiger partial charge in [-0.3, -0.25) is 4.79 Å². The van der Waals surface area contributed by atoms with Gasteiger partial charge in [0.15, 0.2) is 0 Å². The van der Waals surface area contributed by atoms with Gasteiger partial charge >= 0.3 is 0 Å². The first-order chi connectivity index (χ1) is 11.1. The number of rotatable bonds is 2. The summed E-state index contributed by atoms with van der Waals surface area (Å²) in [7, 11) is 0. The van der Waals surface area contributed by atoms with Crippen LogP contribution in [-0.4, -0.2) is 22.1 Å². The molecular weight excluding hydrogens is 295 g/mol. The Kier molecular flexibility index (Phi) is 4.00. The van der Waals surface area contributed by atoms with E-state index in [9.17, 15) is 14.3 Å². The number of carbonyl (C=O) groups excluding carboxylic acids is 1. The predicted octanol–water partition coefficient (Wildman–Crippen LogP) is 2.77. The molecule has 2 aromatic rings. The molecule has 3 N–H and O–H groups in total. The van der Waals surface area contributed by atoms with Crippen LogP contribution in [0.5, 0.6) is 0 Å². The number of anilines is 1. The van der Waals surface area contributed by atoms with Crippen molar-refractivity contribution in [3.63, 3.8) is 0 Å². The van der Waals surface area contributed by atoms with Crippen molar-refractivity contribution >= 4 is 23.2 Å². The van der Waals surface area contributed by atoms with Crippen molar-refractivity contribution in [2.45, 2.75) is 19.4 Å². The zero-order valence-electron chi connectivity index (χ0n) is 12.5. The fourth-order valence-electron chi connectivity index (χ4n) is 2.37. The molecule has 116 valence electrons. The van der Waals surface area contributed by atoms with E-state index in [2.05, 4.69) is 22.1 Å². The molecule has 1 unspecified atom stereocenters. The maximum Gasteiger partial charge on any atom is 0.256 e. The van der Waals surface area contributed by atoms with E-state index in [-0.39, 0.29) is 11.5 Å². The smallest absolute Gasteiger partial charge is 0.256 e. The summed E-state index contributed by atoms with van der Waals surface area (Å²) in [6.07, 6.45) is 3.02. The molecule has 0 saturated carbocycles. The first-order valence-electron chi connectivity index (χ1n) is 7.29. The van der Waals surface area contributed by atoms with Gasteiger partial charge in [-0.05, 0) is 36.8 Å². The van der Waals surface area contributed by atoms with Crippen molar-refractivity contribution in [2.24, 2.45) is 0 Å². The quantitative estimate of drug-likeness (QED) is 0.590. The van der Waals surface area contributed by atoms with Gasteiger partial charge in [-0.1, -0.05) is 18.8 Å². The summed E-state index contributed by atoms with van der Waals surface area (Å²) in [4.78, 5) is 15.2. The summed E-state index contributed by atoms with van der Waals surface area (Å²) < 4.78 is 14.2. The van der Waals surface area contributed by atoms with E-state index in [0.717, 1.165) is 5.69 Å². The highest BCUT2D eigenvalue weighted by molar-refractivity contribution is 6.35. The molecule has 2 heterocycles. The van der Waals surface area contributed by atoms with Gasteiger partial charge < -0.3 is 15.4 Å². The molecule has 3 rings (SSSR count). The molecule has 4 nitrogen and oxygen atoms in total. The Morgan fingerprint density at radius 3 is 2.91 bits per heavy atom. The second kappa shape index (κ2) is 6.11. The number of hydrogen-bond donors (Lipinski definition) is 3. The van der Waals surface area contributed by atoms with E-state index in [4.69, 9.17) is 0 Å². The van der Waals surface area contributed by atoms with Gasteiger partial charge in [0.25, 0.3) is 5.91 Å². The van der Waals surface area contributed by atoms with Gasteiger partial charge in [0.2, 0.25) is 0 Å². The molecule has 1 amide bonds. The molecule has 5 heteroatoms. The fraction of sp³-hybridized carbons (Fsp3) is 0.167.